The fourth-order valence-corrected chi connectivity index (χ4v) is 5.53. The SMILES string of the molecule is CC(C)CNc1nc2c(s1)c(=O)[nH]c1c2sc2nc(C(F)F)cc(C3CC3)c21. The third-order valence-electron chi connectivity index (χ3n) is 4.90. The fraction of sp³-hybridized carbons (Fsp3) is 0.421. The third kappa shape index (κ3) is 2.88. The number of aromatic amines is 1. The molecule has 1 aliphatic rings. The maximum atomic E-state index is 13.4. The Labute approximate surface area is 166 Å². The Balaban J connectivity index is 1.79. The van der Waals surface area contributed by atoms with E-state index in [1.807, 2.05) is 0 Å². The second-order valence-electron chi connectivity index (χ2n) is 7.62. The molecule has 1 aliphatic carbocycles. The van der Waals surface area contributed by atoms with Crippen LogP contribution in [0, 0.1) is 5.92 Å². The van der Waals surface area contributed by atoms with Crippen molar-refractivity contribution in [2.45, 2.75) is 39.0 Å². The molecule has 0 amide bonds. The zero-order valence-corrected chi connectivity index (χ0v) is 16.9. The van der Waals surface area contributed by atoms with E-state index in [0.717, 1.165) is 35.0 Å². The molecule has 5 nitrogen and oxygen atoms in total. The summed E-state index contributed by atoms with van der Waals surface area (Å²) in [7, 11) is 0. The van der Waals surface area contributed by atoms with Gasteiger partial charge in [0.05, 0.1) is 10.2 Å². The van der Waals surface area contributed by atoms with Crippen molar-refractivity contribution in [2.24, 2.45) is 5.92 Å². The first-order chi connectivity index (χ1) is 13.4. The molecule has 9 heteroatoms. The minimum absolute atomic E-state index is 0.197. The average Bonchev–Trinajstić information content (AvgIpc) is 3.29. The van der Waals surface area contributed by atoms with E-state index in [2.05, 4.69) is 34.1 Å². The molecule has 2 N–H and O–H groups in total. The van der Waals surface area contributed by atoms with E-state index in [1.165, 1.54) is 28.7 Å². The van der Waals surface area contributed by atoms with Crippen molar-refractivity contribution in [1.29, 1.82) is 0 Å². The van der Waals surface area contributed by atoms with E-state index in [-0.39, 0.29) is 17.2 Å². The number of nitrogens with one attached hydrogen (secondary N) is 2. The van der Waals surface area contributed by atoms with Crippen LogP contribution in [-0.4, -0.2) is 21.5 Å². The summed E-state index contributed by atoms with van der Waals surface area (Å²) in [6.07, 6.45) is -0.658. The van der Waals surface area contributed by atoms with E-state index in [9.17, 15) is 13.6 Å². The van der Waals surface area contributed by atoms with Crippen molar-refractivity contribution < 1.29 is 8.78 Å². The van der Waals surface area contributed by atoms with Gasteiger partial charge in [-0.15, -0.1) is 11.3 Å². The quantitative estimate of drug-likeness (QED) is 0.439. The summed E-state index contributed by atoms with van der Waals surface area (Å²) in [5, 5.41) is 4.77. The molecule has 0 radical (unpaired) electrons. The van der Waals surface area contributed by atoms with Gasteiger partial charge >= 0.3 is 0 Å². The number of hydrogen-bond acceptors (Lipinski definition) is 6. The number of thiophene rings is 1. The molecule has 4 aromatic heterocycles. The predicted molar refractivity (Wildman–Crippen MR) is 111 cm³/mol. The Bertz CT molecular complexity index is 1270. The van der Waals surface area contributed by atoms with Gasteiger partial charge in [-0.1, -0.05) is 25.2 Å². The normalized spacial score (nSPS) is 14.9. The number of H-pyrrole nitrogens is 1. The first-order valence-electron chi connectivity index (χ1n) is 9.24. The molecule has 0 spiro atoms. The molecular weight excluding hydrogens is 402 g/mol. The summed E-state index contributed by atoms with van der Waals surface area (Å²) >= 11 is 2.65. The molecule has 0 aromatic carbocycles. The predicted octanol–water partition coefficient (Wildman–Crippen LogP) is 5.63. The van der Waals surface area contributed by atoms with Gasteiger partial charge in [-0.25, -0.2) is 18.7 Å². The van der Waals surface area contributed by atoms with Gasteiger partial charge in [0, 0.05) is 11.9 Å². The number of fused-ring (bicyclic) bond motifs is 5. The molecule has 4 heterocycles. The van der Waals surface area contributed by atoms with Crippen LogP contribution in [0.1, 0.15) is 50.3 Å². The number of hydrogen-bond donors (Lipinski definition) is 2. The topological polar surface area (TPSA) is 70.7 Å². The van der Waals surface area contributed by atoms with Crippen LogP contribution in [0.25, 0.3) is 30.6 Å². The first kappa shape index (κ1) is 17.9. The molecular formula is C19H18F2N4OS2. The Morgan fingerprint density at radius 3 is 2.71 bits per heavy atom. The van der Waals surface area contributed by atoms with Crippen molar-refractivity contribution in [2.75, 3.05) is 11.9 Å². The number of halogens is 2. The number of alkyl halides is 2. The van der Waals surface area contributed by atoms with Crippen LogP contribution < -0.4 is 10.9 Å². The van der Waals surface area contributed by atoms with E-state index in [0.29, 0.717) is 31.6 Å². The number of aromatic nitrogens is 3. The van der Waals surface area contributed by atoms with Crippen molar-refractivity contribution >= 4 is 58.5 Å². The molecule has 0 aliphatic heterocycles. The van der Waals surface area contributed by atoms with Gasteiger partial charge in [-0.3, -0.25) is 4.79 Å². The highest BCUT2D eigenvalue weighted by atomic mass is 32.1. The highest BCUT2D eigenvalue weighted by Gasteiger charge is 2.30. The lowest BCUT2D eigenvalue weighted by Crippen LogP contribution is -2.07. The summed E-state index contributed by atoms with van der Waals surface area (Å²) in [5.41, 5.74) is 1.77. The molecule has 0 saturated heterocycles. The lowest BCUT2D eigenvalue weighted by Gasteiger charge is -2.05. The van der Waals surface area contributed by atoms with Crippen LogP contribution in [0.5, 0.6) is 0 Å². The second kappa shape index (κ2) is 6.45. The molecule has 1 saturated carbocycles. The minimum Gasteiger partial charge on any atom is -0.361 e. The van der Waals surface area contributed by atoms with Crippen LogP contribution in [0.3, 0.4) is 0 Å². The summed E-state index contributed by atoms with van der Waals surface area (Å²) in [6, 6.07) is 1.51. The zero-order valence-electron chi connectivity index (χ0n) is 15.3. The summed E-state index contributed by atoms with van der Waals surface area (Å²) in [5.74, 6) is 0.714. The molecule has 0 unspecified atom stereocenters. The van der Waals surface area contributed by atoms with Gasteiger partial charge in [0.2, 0.25) is 0 Å². The Hall–Kier alpha value is -2.13. The molecule has 5 rings (SSSR count). The van der Waals surface area contributed by atoms with Crippen LogP contribution >= 0.6 is 22.7 Å². The van der Waals surface area contributed by atoms with Crippen molar-refractivity contribution in [3.8, 4) is 0 Å². The van der Waals surface area contributed by atoms with E-state index in [4.69, 9.17) is 0 Å². The number of thiazole rings is 1. The van der Waals surface area contributed by atoms with Gasteiger partial charge in [0.15, 0.2) is 5.13 Å². The average molecular weight is 421 g/mol. The van der Waals surface area contributed by atoms with Crippen LogP contribution in [-0.2, 0) is 0 Å². The Morgan fingerprint density at radius 1 is 1.25 bits per heavy atom. The van der Waals surface area contributed by atoms with Gasteiger partial charge < -0.3 is 10.3 Å². The first-order valence-corrected chi connectivity index (χ1v) is 10.9. The minimum atomic E-state index is -2.61. The second-order valence-corrected chi connectivity index (χ2v) is 9.62. The highest BCUT2D eigenvalue weighted by molar-refractivity contribution is 7.27. The number of rotatable bonds is 5. The molecule has 4 aromatic rings. The lowest BCUT2D eigenvalue weighted by atomic mass is 10.1. The number of pyridine rings is 2. The van der Waals surface area contributed by atoms with Crippen molar-refractivity contribution in [3.63, 3.8) is 0 Å². The van der Waals surface area contributed by atoms with Crippen molar-refractivity contribution in [3.05, 3.63) is 27.7 Å². The van der Waals surface area contributed by atoms with E-state index < -0.39 is 6.43 Å². The monoisotopic (exact) mass is 420 g/mol. The third-order valence-corrected chi connectivity index (χ3v) is 7.00. The molecule has 1 fully saturated rings. The fourth-order valence-electron chi connectivity index (χ4n) is 3.43. The number of nitrogens with zero attached hydrogens (tertiary/aromatic N) is 2. The van der Waals surface area contributed by atoms with E-state index in [1.54, 1.807) is 0 Å². The van der Waals surface area contributed by atoms with Crippen LogP contribution in [0.15, 0.2) is 10.9 Å². The summed E-state index contributed by atoms with van der Waals surface area (Å²) < 4.78 is 28.1. The summed E-state index contributed by atoms with van der Waals surface area (Å²) in [6.45, 7) is 4.96. The zero-order chi connectivity index (χ0) is 19.6. The molecule has 0 bridgehead atoms. The lowest BCUT2D eigenvalue weighted by molar-refractivity contribution is 0.146. The standard InChI is InChI=1S/C19H18F2N4OS2/c1-7(2)6-22-19-25-13-14-12(24-17(26)15(13)28-19)11-9(8-3-4-8)5-10(16(20)21)23-18(11)27-14/h5,7-8,16H,3-4,6H2,1-2H3,(H,22,25)(H,24,26). The number of anilines is 1. The Morgan fingerprint density at radius 2 is 2.04 bits per heavy atom. The van der Waals surface area contributed by atoms with Crippen LogP contribution in [0.4, 0.5) is 13.9 Å². The van der Waals surface area contributed by atoms with Gasteiger partial charge in [-0.2, -0.15) is 0 Å². The Kier molecular flexibility index (Phi) is 4.13. The molecule has 28 heavy (non-hydrogen) atoms. The maximum Gasteiger partial charge on any atom is 0.280 e. The van der Waals surface area contributed by atoms with Crippen molar-refractivity contribution in [1.82, 2.24) is 15.0 Å². The molecule has 0 atom stereocenters. The maximum absolute atomic E-state index is 13.4. The highest BCUT2D eigenvalue weighted by Crippen LogP contribution is 2.48. The summed E-state index contributed by atoms with van der Waals surface area (Å²) in [4.78, 5) is 25.1. The molecule has 146 valence electrons. The van der Waals surface area contributed by atoms with E-state index >= 15 is 0 Å². The van der Waals surface area contributed by atoms with Gasteiger partial charge in [0.1, 0.15) is 20.7 Å². The van der Waals surface area contributed by atoms with Gasteiger partial charge in [-0.05, 0) is 36.3 Å². The smallest absolute Gasteiger partial charge is 0.280 e. The van der Waals surface area contributed by atoms with Gasteiger partial charge in [0.25, 0.3) is 12.0 Å². The van der Waals surface area contributed by atoms with Crippen LogP contribution in [0.2, 0.25) is 0 Å². The largest absolute Gasteiger partial charge is 0.361 e.